The summed E-state index contributed by atoms with van der Waals surface area (Å²) in [5, 5.41) is 8.90. The lowest BCUT2D eigenvalue weighted by molar-refractivity contribution is -0.121. The topological polar surface area (TPSA) is 62.5 Å². The van der Waals surface area contributed by atoms with Crippen molar-refractivity contribution in [2.75, 3.05) is 19.6 Å². The van der Waals surface area contributed by atoms with E-state index in [-0.39, 0.29) is 5.91 Å². The molecule has 1 saturated heterocycles. The average Bonchev–Trinajstić information content (AvgIpc) is 3.30. The molecule has 0 radical (unpaired) electrons. The Kier molecular flexibility index (Phi) is 5.31. The molecular formula is C22H29N5O. The zero-order valence-electron chi connectivity index (χ0n) is 17.0. The van der Waals surface area contributed by atoms with Crippen LogP contribution in [0.3, 0.4) is 0 Å². The Bertz CT molecular complexity index is 1010. The van der Waals surface area contributed by atoms with Gasteiger partial charge in [0.25, 0.3) is 0 Å². The van der Waals surface area contributed by atoms with E-state index in [0.717, 1.165) is 53.1 Å². The number of rotatable bonds is 6. The molecule has 1 unspecified atom stereocenters. The molecule has 3 heterocycles. The predicted molar refractivity (Wildman–Crippen MR) is 112 cm³/mol. The van der Waals surface area contributed by atoms with Gasteiger partial charge in [-0.05, 0) is 63.9 Å². The molecular weight excluding hydrogens is 350 g/mol. The third kappa shape index (κ3) is 3.49. The van der Waals surface area contributed by atoms with Crippen LogP contribution in [0.5, 0.6) is 0 Å². The van der Waals surface area contributed by atoms with Crippen molar-refractivity contribution in [3.8, 4) is 0 Å². The zero-order valence-corrected chi connectivity index (χ0v) is 17.0. The zero-order chi connectivity index (χ0) is 19.7. The third-order valence-corrected chi connectivity index (χ3v) is 6.06. The van der Waals surface area contributed by atoms with E-state index in [2.05, 4.69) is 30.1 Å². The van der Waals surface area contributed by atoms with Crippen molar-refractivity contribution < 1.29 is 4.79 Å². The quantitative estimate of drug-likeness (QED) is 0.715. The standard InChI is InChI=1S/C22H29N5O/c1-4-26-13-7-8-17(26)14-23-21(28)12-11-18-15(2)24-22-19-9-5-6-10-20(19)25-27(22)16(18)3/h5-6,9-10,17H,4,7-8,11-14H2,1-3H3,(H,23,28). The van der Waals surface area contributed by atoms with Gasteiger partial charge in [-0.3, -0.25) is 9.69 Å². The van der Waals surface area contributed by atoms with Gasteiger partial charge in [-0.25, -0.2) is 9.50 Å². The molecule has 1 aromatic carbocycles. The van der Waals surface area contributed by atoms with Crippen LogP contribution in [0.4, 0.5) is 0 Å². The van der Waals surface area contributed by atoms with Crippen LogP contribution in [0.25, 0.3) is 16.6 Å². The van der Waals surface area contributed by atoms with E-state index in [1.807, 2.05) is 29.6 Å². The second-order valence-electron chi connectivity index (χ2n) is 7.74. The van der Waals surface area contributed by atoms with Crippen molar-refractivity contribution in [2.24, 2.45) is 0 Å². The van der Waals surface area contributed by atoms with Crippen LogP contribution >= 0.6 is 0 Å². The molecule has 2 aromatic heterocycles. The van der Waals surface area contributed by atoms with Crippen molar-refractivity contribution >= 4 is 22.5 Å². The van der Waals surface area contributed by atoms with Crippen molar-refractivity contribution in [3.05, 3.63) is 41.2 Å². The monoisotopic (exact) mass is 379 g/mol. The number of fused-ring (bicyclic) bond motifs is 3. The summed E-state index contributed by atoms with van der Waals surface area (Å²) >= 11 is 0. The molecule has 3 aromatic rings. The summed E-state index contributed by atoms with van der Waals surface area (Å²) in [7, 11) is 0. The number of hydrogen-bond acceptors (Lipinski definition) is 4. The molecule has 0 bridgehead atoms. The minimum atomic E-state index is 0.118. The molecule has 1 atom stereocenters. The maximum Gasteiger partial charge on any atom is 0.220 e. The Morgan fingerprint density at radius 3 is 2.93 bits per heavy atom. The summed E-state index contributed by atoms with van der Waals surface area (Å²) in [5.74, 6) is 0.118. The van der Waals surface area contributed by atoms with E-state index in [1.165, 1.54) is 12.8 Å². The van der Waals surface area contributed by atoms with Crippen molar-refractivity contribution in [1.29, 1.82) is 0 Å². The van der Waals surface area contributed by atoms with Gasteiger partial charge in [-0.15, -0.1) is 0 Å². The van der Waals surface area contributed by atoms with Crippen molar-refractivity contribution in [1.82, 2.24) is 24.8 Å². The van der Waals surface area contributed by atoms with Gasteiger partial charge in [0.15, 0.2) is 5.65 Å². The Balaban J connectivity index is 1.45. The highest BCUT2D eigenvalue weighted by Gasteiger charge is 2.23. The minimum absolute atomic E-state index is 0.118. The second kappa shape index (κ2) is 7.87. The Morgan fingerprint density at radius 2 is 2.11 bits per heavy atom. The van der Waals surface area contributed by atoms with E-state index in [4.69, 9.17) is 10.1 Å². The smallest absolute Gasteiger partial charge is 0.220 e. The maximum absolute atomic E-state index is 12.4. The number of aryl methyl sites for hydroxylation is 2. The van der Waals surface area contributed by atoms with Crippen LogP contribution in [0.1, 0.15) is 43.1 Å². The Labute approximate surface area is 165 Å². The molecule has 1 aliphatic rings. The number of carbonyl (C=O) groups is 1. The lowest BCUT2D eigenvalue weighted by atomic mass is 10.1. The summed E-state index contributed by atoms with van der Waals surface area (Å²) in [6.45, 7) is 9.25. The fourth-order valence-electron chi connectivity index (χ4n) is 4.44. The molecule has 0 saturated carbocycles. The SMILES string of the molecule is CCN1CCCC1CNC(=O)CCc1c(C)nc2c3ccccc3nn2c1C. The van der Waals surface area contributed by atoms with Crippen LogP contribution in [-0.4, -0.2) is 51.1 Å². The van der Waals surface area contributed by atoms with Crippen LogP contribution < -0.4 is 5.32 Å². The van der Waals surface area contributed by atoms with Crippen LogP contribution in [0.15, 0.2) is 24.3 Å². The molecule has 1 N–H and O–H groups in total. The van der Waals surface area contributed by atoms with Gasteiger partial charge >= 0.3 is 0 Å². The van der Waals surface area contributed by atoms with E-state index >= 15 is 0 Å². The molecule has 1 amide bonds. The van der Waals surface area contributed by atoms with Gasteiger partial charge in [-0.2, -0.15) is 5.10 Å². The van der Waals surface area contributed by atoms with E-state index in [0.29, 0.717) is 18.9 Å². The molecule has 0 spiro atoms. The first-order valence-electron chi connectivity index (χ1n) is 10.3. The highest BCUT2D eigenvalue weighted by molar-refractivity contribution is 5.92. The van der Waals surface area contributed by atoms with Crippen LogP contribution in [-0.2, 0) is 11.2 Å². The molecule has 148 valence electrons. The predicted octanol–water partition coefficient (Wildman–Crippen LogP) is 3.03. The highest BCUT2D eigenvalue weighted by Crippen LogP contribution is 2.23. The summed E-state index contributed by atoms with van der Waals surface area (Å²) in [4.78, 5) is 19.7. The first-order chi connectivity index (χ1) is 13.6. The fraction of sp³-hybridized carbons (Fsp3) is 0.500. The second-order valence-corrected chi connectivity index (χ2v) is 7.74. The summed E-state index contributed by atoms with van der Waals surface area (Å²) < 4.78 is 1.92. The number of nitrogens with zero attached hydrogens (tertiary/aromatic N) is 4. The lowest BCUT2D eigenvalue weighted by Gasteiger charge is -2.22. The number of nitrogens with one attached hydrogen (secondary N) is 1. The number of likely N-dealkylation sites (tertiary alicyclic amines) is 1. The molecule has 4 rings (SSSR count). The summed E-state index contributed by atoms with van der Waals surface area (Å²) in [6, 6.07) is 8.56. The van der Waals surface area contributed by atoms with E-state index < -0.39 is 0 Å². The van der Waals surface area contributed by atoms with Gasteiger partial charge in [0.2, 0.25) is 5.91 Å². The molecule has 1 fully saturated rings. The van der Waals surface area contributed by atoms with Gasteiger partial charge in [0, 0.05) is 35.8 Å². The Morgan fingerprint density at radius 1 is 1.29 bits per heavy atom. The fourth-order valence-corrected chi connectivity index (χ4v) is 4.44. The van der Waals surface area contributed by atoms with Crippen LogP contribution in [0, 0.1) is 13.8 Å². The summed E-state index contributed by atoms with van der Waals surface area (Å²) in [6.07, 6.45) is 3.58. The van der Waals surface area contributed by atoms with E-state index in [1.54, 1.807) is 0 Å². The van der Waals surface area contributed by atoms with Gasteiger partial charge in [-0.1, -0.05) is 19.1 Å². The van der Waals surface area contributed by atoms with Crippen molar-refractivity contribution in [2.45, 2.75) is 52.5 Å². The van der Waals surface area contributed by atoms with Gasteiger partial charge < -0.3 is 5.32 Å². The van der Waals surface area contributed by atoms with Crippen LogP contribution in [0.2, 0.25) is 0 Å². The molecule has 6 heteroatoms. The molecule has 1 aliphatic heterocycles. The molecule has 28 heavy (non-hydrogen) atoms. The number of likely N-dealkylation sites (N-methyl/N-ethyl adjacent to an activating group) is 1. The first kappa shape index (κ1) is 18.9. The third-order valence-electron chi connectivity index (χ3n) is 6.06. The molecule has 6 nitrogen and oxygen atoms in total. The van der Waals surface area contributed by atoms with Gasteiger partial charge in [0.1, 0.15) is 0 Å². The Hall–Kier alpha value is -2.47. The number of carbonyl (C=O) groups excluding carboxylic acids is 1. The number of hydrogen-bond donors (Lipinski definition) is 1. The normalized spacial score (nSPS) is 17.6. The molecule has 0 aliphatic carbocycles. The first-order valence-corrected chi connectivity index (χ1v) is 10.3. The van der Waals surface area contributed by atoms with Crippen molar-refractivity contribution in [3.63, 3.8) is 0 Å². The lowest BCUT2D eigenvalue weighted by Crippen LogP contribution is -2.40. The number of aromatic nitrogens is 3. The van der Waals surface area contributed by atoms with Gasteiger partial charge in [0.05, 0.1) is 5.52 Å². The average molecular weight is 380 g/mol. The highest BCUT2D eigenvalue weighted by atomic mass is 16.1. The largest absolute Gasteiger partial charge is 0.355 e. The van der Waals surface area contributed by atoms with E-state index in [9.17, 15) is 4.79 Å². The number of benzene rings is 1. The number of amides is 1. The maximum atomic E-state index is 12.4. The minimum Gasteiger partial charge on any atom is -0.355 e. The summed E-state index contributed by atoms with van der Waals surface area (Å²) in [5.41, 5.74) is 5.01.